The van der Waals surface area contributed by atoms with Gasteiger partial charge in [-0.05, 0) is 36.1 Å². The van der Waals surface area contributed by atoms with Gasteiger partial charge in [0.25, 0.3) is 0 Å². The highest BCUT2D eigenvalue weighted by molar-refractivity contribution is 7.13. The van der Waals surface area contributed by atoms with Crippen LogP contribution in [0.15, 0.2) is 29.8 Å². The van der Waals surface area contributed by atoms with Crippen molar-refractivity contribution in [1.29, 1.82) is 0 Å². The zero-order chi connectivity index (χ0) is 13.6. The lowest BCUT2D eigenvalue weighted by Crippen LogP contribution is -1.98. The Bertz CT molecular complexity index is 790. The quantitative estimate of drug-likeness (QED) is 0.690. The number of ketones is 1. The third-order valence-corrected chi connectivity index (χ3v) is 4.69. The van der Waals surface area contributed by atoms with Gasteiger partial charge in [0.15, 0.2) is 0 Å². The maximum atomic E-state index is 13.1. The van der Waals surface area contributed by atoms with E-state index in [0.29, 0.717) is 26.4 Å². The molecule has 0 aliphatic rings. The molecule has 0 radical (unpaired) electrons. The molecule has 5 heteroatoms. The van der Waals surface area contributed by atoms with E-state index in [1.807, 2.05) is 12.3 Å². The van der Waals surface area contributed by atoms with Crippen LogP contribution in [-0.2, 0) is 0 Å². The Kier molecular flexibility index (Phi) is 2.92. The summed E-state index contributed by atoms with van der Waals surface area (Å²) < 4.78 is 13.1. The van der Waals surface area contributed by atoms with E-state index in [9.17, 15) is 9.18 Å². The molecule has 1 N–H and O–H groups in total. The first-order chi connectivity index (χ1) is 9.08. The number of benzene rings is 1. The van der Waals surface area contributed by atoms with Crippen molar-refractivity contribution < 1.29 is 9.18 Å². The number of aromatic amines is 1. The Morgan fingerprint density at radius 3 is 2.89 bits per heavy atom. The van der Waals surface area contributed by atoms with E-state index in [1.165, 1.54) is 23.5 Å². The molecule has 0 aliphatic carbocycles. The van der Waals surface area contributed by atoms with Gasteiger partial charge in [-0.15, -0.1) is 11.3 Å². The molecule has 2 nitrogen and oxygen atoms in total. The number of rotatable bonds is 2. The number of aromatic nitrogens is 1. The molecule has 3 aromatic rings. The van der Waals surface area contributed by atoms with Crippen molar-refractivity contribution in [2.75, 3.05) is 0 Å². The van der Waals surface area contributed by atoms with Crippen molar-refractivity contribution in [3.05, 3.63) is 56.6 Å². The second-order valence-electron chi connectivity index (χ2n) is 4.28. The van der Waals surface area contributed by atoms with E-state index in [1.54, 1.807) is 12.3 Å². The maximum Gasteiger partial charge on any atom is 0.206 e. The van der Waals surface area contributed by atoms with Crippen LogP contribution in [0.4, 0.5) is 4.39 Å². The number of H-pyrrole nitrogens is 1. The Morgan fingerprint density at radius 1 is 1.42 bits per heavy atom. The summed E-state index contributed by atoms with van der Waals surface area (Å²) in [6.45, 7) is 1.86. The first-order valence-electron chi connectivity index (χ1n) is 5.63. The molecule has 0 saturated heterocycles. The summed E-state index contributed by atoms with van der Waals surface area (Å²) >= 11 is 7.44. The van der Waals surface area contributed by atoms with Crippen molar-refractivity contribution in [3.63, 3.8) is 0 Å². The van der Waals surface area contributed by atoms with Crippen molar-refractivity contribution in [1.82, 2.24) is 4.98 Å². The van der Waals surface area contributed by atoms with Crippen LogP contribution in [0.5, 0.6) is 0 Å². The second-order valence-corrected chi connectivity index (χ2v) is 5.54. The molecule has 3 rings (SSSR count). The lowest BCUT2D eigenvalue weighted by Gasteiger charge is -1.98. The van der Waals surface area contributed by atoms with E-state index < -0.39 is 0 Å². The number of nitrogens with one attached hydrogen (secondary N) is 1. The smallest absolute Gasteiger partial charge is 0.206 e. The summed E-state index contributed by atoms with van der Waals surface area (Å²) in [7, 11) is 0. The molecule has 0 amide bonds. The van der Waals surface area contributed by atoms with Crippen LogP contribution in [0.3, 0.4) is 0 Å². The molecule has 0 bridgehead atoms. The highest BCUT2D eigenvalue weighted by atomic mass is 35.5. The standard InChI is InChI=1S/C14H9ClFNOS/c1-7-6-19-14(12(7)15)13(18)10-5-17-11-4-8(16)2-3-9(10)11/h2-6,17H,1H3. The van der Waals surface area contributed by atoms with Crippen molar-refractivity contribution in [2.45, 2.75) is 6.92 Å². The normalized spacial score (nSPS) is 11.1. The molecule has 0 saturated carbocycles. The van der Waals surface area contributed by atoms with Crippen LogP contribution in [0.1, 0.15) is 20.8 Å². The van der Waals surface area contributed by atoms with E-state index in [0.717, 1.165) is 5.56 Å². The summed E-state index contributed by atoms with van der Waals surface area (Å²) in [4.78, 5) is 15.9. The Hall–Kier alpha value is -1.65. The van der Waals surface area contributed by atoms with Gasteiger partial charge in [-0.3, -0.25) is 4.79 Å². The second kappa shape index (κ2) is 4.47. The maximum absolute atomic E-state index is 13.1. The molecule has 1 aromatic carbocycles. The van der Waals surface area contributed by atoms with Crippen LogP contribution in [0.25, 0.3) is 10.9 Å². The summed E-state index contributed by atoms with van der Waals surface area (Å²) in [6, 6.07) is 4.31. The number of aryl methyl sites for hydroxylation is 1. The fourth-order valence-electron chi connectivity index (χ4n) is 1.99. The largest absolute Gasteiger partial charge is 0.360 e. The summed E-state index contributed by atoms with van der Waals surface area (Å²) in [5, 5.41) is 3.05. The van der Waals surface area contributed by atoms with E-state index in [4.69, 9.17) is 11.6 Å². The minimum absolute atomic E-state index is 0.138. The Labute approximate surface area is 117 Å². The minimum atomic E-state index is -0.335. The van der Waals surface area contributed by atoms with Crippen LogP contribution >= 0.6 is 22.9 Å². The number of carbonyl (C=O) groups excluding carboxylic acids is 1. The molecule has 19 heavy (non-hydrogen) atoms. The molecule has 0 spiro atoms. The van der Waals surface area contributed by atoms with Crippen LogP contribution in [0.2, 0.25) is 5.02 Å². The highest BCUT2D eigenvalue weighted by Gasteiger charge is 2.19. The Balaban J connectivity index is 2.14. The lowest BCUT2D eigenvalue weighted by atomic mass is 10.1. The summed E-state index contributed by atoms with van der Waals surface area (Å²) in [5.74, 6) is -0.473. The molecule has 0 unspecified atom stereocenters. The SMILES string of the molecule is Cc1csc(C(=O)c2c[nH]c3cc(F)ccc23)c1Cl. The summed E-state index contributed by atoms with van der Waals surface area (Å²) in [6.07, 6.45) is 1.60. The monoisotopic (exact) mass is 293 g/mol. The van der Waals surface area contributed by atoms with Crippen molar-refractivity contribution in [2.24, 2.45) is 0 Å². The Morgan fingerprint density at radius 2 is 2.21 bits per heavy atom. The first-order valence-corrected chi connectivity index (χ1v) is 6.88. The molecule has 0 aliphatic heterocycles. The number of thiophene rings is 1. The third-order valence-electron chi connectivity index (χ3n) is 2.99. The van der Waals surface area contributed by atoms with Crippen molar-refractivity contribution >= 4 is 39.6 Å². The van der Waals surface area contributed by atoms with Gasteiger partial charge >= 0.3 is 0 Å². The molecule has 2 aromatic heterocycles. The predicted molar refractivity (Wildman–Crippen MR) is 75.8 cm³/mol. The lowest BCUT2D eigenvalue weighted by molar-refractivity contribution is 0.104. The van der Waals surface area contributed by atoms with Gasteiger partial charge in [0.1, 0.15) is 5.82 Å². The van der Waals surface area contributed by atoms with Crippen molar-refractivity contribution in [3.8, 4) is 0 Å². The molecule has 0 fully saturated rings. The third kappa shape index (κ3) is 1.97. The highest BCUT2D eigenvalue weighted by Crippen LogP contribution is 2.31. The first kappa shape index (κ1) is 12.4. The van der Waals surface area contributed by atoms with Gasteiger partial charge in [-0.1, -0.05) is 11.6 Å². The molecule has 96 valence electrons. The van der Waals surface area contributed by atoms with Gasteiger partial charge < -0.3 is 4.98 Å². The summed E-state index contributed by atoms with van der Waals surface area (Å²) in [5.41, 5.74) is 2.01. The van der Waals surface area contributed by atoms with Gasteiger partial charge in [0, 0.05) is 22.7 Å². The minimum Gasteiger partial charge on any atom is -0.360 e. The van der Waals surface area contributed by atoms with Gasteiger partial charge in [-0.2, -0.15) is 0 Å². The zero-order valence-electron chi connectivity index (χ0n) is 9.96. The molecule has 2 heterocycles. The van der Waals surface area contributed by atoms with Crippen LogP contribution in [0, 0.1) is 12.7 Å². The van der Waals surface area contributed by atoms with E-state index in [2.05, 4.69) is 4.98 Å². The number of hydrogen-bond donors (Lipinski definition) is 1. The fraction of sp³-hybridized carbons (Fsp3) is 0.0714. The average molecular weight is 294 g/mol. The average Bonchev–Trinajstić information content (AvgIpc) is 2.94. The van der Waals surface area contributed by atoms with Crippen LogP contribution < -0.4 is 0 Å². The molecular formula is C14H9ClFNOS. The van der Waals surface area contributed by atoms with Gasteiger partial charge in [-0.25, -0.2) is 4.39 Å². The predicted octanol–water partition coefficient (Wildman–Crippen LogP) is 4.56. The number of carbonyl (C=O) groups is 1. The number of hydrogen-bond acceptors (Lipinski definition) is 2. The van der Waals surface area contributed by atoms with E-state index >= 15 is 0 Å². The number of fused-ring (bicyclic) bond motifs is 1. The van der Waals surface area contributed by atoms with Gasteiger partial charge in [0.2, 0.25) is 5.78 Å². The van der Waals surface area contributed by atoms with Gasteiger partial charge in [0.05, 0.1) is 9.90 Å². The zero-order valence-corrected chi connectivity index (χ0v) is 11.5. The van der Waals surface area contributed by atoms with E-state index in [-0.39, 0.29) is 11.6 Å². The fourth-order valence-corrected chi connectivity index (χ4v) is 3.22. The topological polar surface area (TPSA) is 32.9 Å². The molecule has 0 atom stereocenters. The molecular weight excluding hydrogens is 285 g/mol. The number of halogens is 2. The van der Waals surface area contributed by atoms with Crippen LogP contribution in [-0.4, -0.2) is 10.8 Å².